The SMILES string of the molecule is Cc1ncoc1-c1ccc(CNC(=O)[C@@H]2C[C@@H](O)CN2C(=O)C(NC(=O)COCCCCOc2ccc(-c3ccc(N4C(=S)N(c5ccc(C#N)c(Cl)c5)C(=O)C4(C)C)c(F)c3)cc2)C(C)(C)C)cc1. The van der Waals surface area contributed by atoms with Crippen molar-refractivity contribution >= 4 is 63.9 Å². The number of likely N-dealkylation sites (tertiary alicyclic amines) is 1. The predicted octanol–water partition coefficient (Wildman–Crippen LogP) is 7.88. The molecule has 3 atom stereocenters. The van der Waals surface area contributed by atoms with Crippen molar-refractivity contribution in [1.82, 2.24) is 20.5 Å². The number of oxazole rings is 1. The fourth-order valence-corrected chi connectivity index (χ4v) is 9.15. The number of nitrogens with zero attached hydrogens (tertiary/aromatic N) is 5. The van der Waals surface area contributed by atoms with Crippen molar-refractivity contribution in [3.05, 3.63) is 119 Å². The highest BCUT2D eigenvalue weighted by Crippen LogP contribution is 2.40. The van der Waals surface area contributed by atoms with Crippen LogP contribution in [0.25, 0.3) is 22.5 Å². The largest absolute Gasteiger partial charge is 0.494 e. The normalized spacial score (nSPS) is 17.1. The number of hydrogen-bond donors (Lipinski definition) is 3. The zero-order chi connectivity index (χ0) is 50.5. The van der Waals surface area contributed by atoms with Crippen LogP contribution in [0.3, 0.4) is 0 Å². The van der Waals surface area contributed by atoms with Gasteiger partial charge in [-0.2, -0.15) is 5.26 Å². The van der Waals surface area contributed by atoms with Crippen LogP contribution < -0.4 is 25.2 Å². The number of amides is 4. The number of aryl methyl sites for hydroxylation is 1. The number of aliphatic hydroxyl groups is 1. The summed E-state index contributed by atoms with van der Waals surface area (Å²) in [6.45, 7) is 11.2. The molecule has 2 aliphatic heterocycles. The van der Waals surface area contributed by atoms with Gasteiger partial charge in [0.2, 0.25) is 17.7 Å². The molecular weight excluding hydrogens is 937 g/mol. The van der Waals surface area contributed by atoms with E-state index in [4.69, 9.17) is 37.7 Å². The summed E-state index contributed by atoms with van der Waals surface area (Å²) in [7, 11) is 0. The Kier molecular flexibility index (Phi) is 15.7. The van der Waals surface area contributed by atoms with Crippen LogP contribution in [-0.2, 0) is 30.5 Å². The molecule has 1 unspecified atom stereocenters. The van der Waals surface area contributed by atoms with Gasteiger partial charge in [-0.05, 0) is 110 Å². The maximum absolute atomic E-state index is 15.9. The molecule has 2 saturated heterocycles. The van der Waals surface area contributed by atoms with E-state index in [2.05, 4.69) is 15.6 Å². The van der Waals surface area contributed by atoms with E-state index in [-0.39, 0.29) is 60.0 Å². The zero-order valence-corrected chi connectivity index (χ0v) is 41.3. The number of thiocarbonyl (C=S) groups is 1. The first-order valence-electron chi connectivity index (χ1n) is 22.8. The van der Waals surface area contributed by atoms with E-state index in [1.54, 1.807) is 44.2 Å². The van der Waals surface area contributed by atoms with Crippen LogP contribution in [0.5, 0.6) is 5.75 Å². The Labute approximate surface area is 416 Å². The van der Waals surface area contributed by atoms with Crippen LogP contribution in [0.1, 0.15) is 70.7 Å². The maximum atomic E-state index is 15.9. The van der Waals surface area contributed by atoms with Crippen LogP contribution in [-0.4, -0.2) is 93.8 Å². The minimum absolute atomic E-state index is 0.0415. The highest BCUT2D eigenvalue weighted by Gasteiger charge is 2.51. The van der Waals surface area contributed by atoms with Crippen molar-refractivity contribution in [3.63, 3.8) is 0 Å². The van der Waals surface area contributed by atoms with Gasteiger partial charge in [0, 0.05) is 31.7 Å². The smallest absolute Gasteiger partial charge is 0.259 e. The molecule has 0 aliphatic carbocycles. The first-order valence-corrected chi connectivity index (χ1v) is 23.6. The third kappa shape index (κ3) is 11.3. The quantitative estimate of drug-likeness (QED) is 0.0605. The van der Waals surface area contributed by atoms with Gasteiger partial charge in [-0.3, -0.25) is 24.1 Å². The Balaban J connectivity index is 0.843. The Bertz CT molecular complexity index is 2810. The summed E-state index contributed by atoms with van der Waals surface area (Å²) in [4.78, 5) is 62.3. The molecule has 0 radical (unpaired) electrons. The Morgan fingerprint density at radius 1 is 1.01 bits per heavy atom. The summed E-state index contributed by atoms with van der Waals surface area (Å²) < 4.78 is 32.9. The van der Waals surface area contributed by atoms with E-state index >= 15 is 4.39 Å². The van der Waals surface area contributed by atoms with E-state index in [1.807, 2.05) is 70.2 Å². The number of nitriles is 1. The number of rotatable bonds is 17. The lowest BCUT2D eigenvalue weighted by molar-refractivity contribution is -0.144. The second-order valence-electron chi connectivity index (χ2n) is 18.8. The van der Waals surface area contributed by atoms with Gasteiger partial charge in [0.05, 0.1) is 40.4 Å². The van der Waals surface area contributed by atoms with Crippen LogP contribution in [0.2, 0.25) is 5.02 Å². The van der Waals surface area contributed by atoms with Crippen LogP contribution in [0, 0.1) is 29.5 Å². The van der Waals surface area contributed by atoms with Crippen molar-refractivity contribution in [2.24, 2.45) is 5.41 Å². The number of ether oxygens (including phenoxy) is 2. The Hall–Kier alpha value is -6.71. The van der Waals surface area contributed by atoms with Gasteiger partial charge in [-0.25, -0.2) is 9.37 Å². The standard InChI is InChI=1S/C52H55ClFN7O8S/c1-31-45(69-30-57-31)34-11-9-32(10-12-34)27-56-47(64)43-25-38(62)28-59(43)48(65)46(51(2,3)4)58-44(63)29-67-21-7-8-22-68-39-18-14-33(15-19-39)35-16-20-42(41(54)23-35)61-50(70)60(49(66)52(61,5)6)37-17-13-36(26-55)40(53)24-37/h9-20,23-24,30,38,43,46,62H,7-8,21-22,25,27-29H2,1-6H3,(H,56,64)(H,58,63)/t38-,43+,46?/m1/s1. The number of β-amino-alcohol motifs (C(OH)–C–C–N with tert-alkyl or cyclic N) is 1. The average Bonchev–Trinajstić information content (AvgIpc) is 3.99. The van der Waals surface area contributed by atoms with Gasteiger partial charge < -0.3 is 39.4 Å². The van der Waals surface area contributed by atoms with Crippen molar-refractivity contribution in [3.8, 4) is 34.3 Å². The monoisotopic (exact) mass is 991 g/mol. The third-order valence-electron chi connectivity index (χ3n) is 12.3. The van der Waals surface area contributed by atoms with Crippen molar-refractivity contribution in [2.45, 2.75) is 91.1 Å². The lowest BCUT2D eigenvalue weighted by Crippen LogP contribution is -2.58. The van der Waals surface area contributed by atoms with Gasteiger partial charge in [0.15, 0.2) is 17.3 Å². The molecule has 2 aliphatic rings. The van der Waals surface area contributed by atoms with Gasteiger partial charge in [0.25, 0.3) is 5.91 Å². The highest BCUT2D eigenvalue weighted by molar-refractivity contribution is 7.81. The molecule has 18 heteroatoms. The number of halogens is 2. The predicted molar refractivity (Wildman–Crippen MR) is 266 cm³/mol. The molecule has 1 aromatic heterocycles. The first kappa shape index (κ1) is 51.1. The summed E-state index contributed by atoms with van der Waals surface area (Å²) in [5, 5.41) is 25.8. The summed E-state index contributed by atoms with van der Waals surface area (Å²) in [6.07, 6.45) is 1.78. The van der Waals surface area contributed by atoms with Gasteiger partial charge in [-0.1, -0.05) is 74.8 Å². The first-order chi connectivity index (χ1) is 33.3. The molecule has 2 fully saturated rings. The summed E-state index contributed by atoms with van der Waals surface area (Å²) in [6, 6.07) is 24.1. The average molecular weight is 993 g/mol. The van der Waals surface area contributed by atoms with Crippen LogP contribution in [0.4, 0.5) is 15.8 Å². The number of aliphatic hydroxyl groups excluding tert-OH is 1. The third-order valence-corrected chi connectivity index (χ3v) is 12.9. The van der Waals surface area contributed by atoms with E-state index in [9.17, 15) is 29.5 Å². The van der Waals surface area contributed by atoms with E-state index < -0.39 is 52.7 Å². The number of benzene rings is 4. The molecule has 3 heterocycles. The highest BCUT2D eigenvalue weighted by atomic mass is 35.5. The van der Waals surface area contributed by atoms with Gasteiger partial charge in [-0.15, -0.1) is 0 Å². The van der Waals surface area contributed by atoms with E-state index in [1.165, 1.54) is 39.3 Å². The zero-order valence-electron chi connectivity index (χ0n) is 39.8. The lowest BCUT2D eigenvalue weighted by atomic mass is 9.85. The number of nitrogens with one attached hydrogen (secondary N) is 2. The molecule has 15 nitrogen and oxygen atoms in total. The molecule has 3 N–H and O–H groups in total. The molecule has 0 spiro atoms. The maximum Gasteiger partial charge on any atom is 0.259 e. The summed E-state index contributed by atoms with van der Waals surface area (Å²) in [5.41, 5.74) is 2.62. The molecule has 0 saturated carbocycles. The molecule has 4 amide bonds. The molecule has 5 aromatic rings. The number of carbonyl (C=O) groups excluding carboxylic acids is 4. The summed E-state index contributed by atoms with van der Waals surface area (Å²) in [5.74, 6) is -1.02. The number of anilines is 2. The minimum Gasteiger partial charge on any atom is -0.494 e. The topological polar surface area (TPSA) is 191 Å². The number of hydrogen-bond acceptors (Lipinski definition) is 11. The molecule has 70 heavy (non-hydrogen) atoms. The van der Waals surface area contributed by atoms with Crippen LogP contribution in [0.15, 0.2) is 95.7 Å². The lowest BCUT2D eigenvalue weighted by Gasteiger charge is -2.35. The fraction of sp³-hybridized carbons (Fsp3) is 0.365. The summed E-state index contributed by atoms with van der Waals surface area (Å²) >= 11 is 12.0. The molecule has 4 aromatic carbocycles. The van der Waals surface area contributed by atoms with Crippen molar-refractivity contribution in [2.75, 3.05) is 36.2 Å². The minimum atomic E-state index is -1.22. The van der Waals surface area contributed by atoms with Crippen molar-refractivity contribution in [1.29, 1.82) is 5.26 Å². The molecule has 366 valence electrons. The molecular formula is C52H55ClFN7O8S. The van der Waals surface area contributed by atoms with Crippen molar-refractivity contribution < 1.29 is 42.6 Å². The Morgan fingerprint density at radius 2 is 1.70 bits per heavy atom. The van der Waals surface area contributed by atoms with E-state index in [0.717, 1.165) is 22.4 Å². The molecule has 7 rings (SSSR count). The van der Waals surface area contributed by atoms with Gasteiger partial charge in [0.1, 0.15) is 41.9 Å². The Morgan fingerprint density at radius 3 is 2.34 bits per heavy atom. The molecule has 0 bridgehead atoms. The number of carbonyl (C=O) groups is 4. The van der Waals surface area contributed by atoms with Gasteiger partial charge >= 0.3 is 0 Å². The fourth-order valence-electron chi connectivity index (χ4n) is 8.42. The number of aromatic nitrogens is 1. The van der Waals surface area contributed by atoms with E-state index in [0.29, 0.717) is 42.2 Å². The second kappa shape index (κ2) is 21.5. The second-order valence-corrected chi connectivity index (χ2v) is 19.6. The number of unbranched alkanes of at least 4 members (excludes halogenated alkanes) is 1. The van der Waals surface area contributed by atoms with Crippen LogP contribution >= 0.6 is 23.8 Å².